The van der Waals surface area contributed by atoms with Gasteiger partial charge in [-0.3, -0.25) is 9.59 Å². The van der Waals surface area contributed by atoms with Crippen molar-refractivity contribution >= 4 is 23.2 Å². The van der Waals surface area contributed by atoms with Gasteiger partial charge in [0.2, 0.25) is 5.91 Å². The van der Waals surface area contributed by atoms with E-state index in [1.807, 2.05) is 0 Å². The Hall–Kier alpha value is -4.01. The number of halogens is 3. The minimum Gasteiger partial charge on any atom is -0.493 e. The molecule has 0 aliphatic heterocycles. The summed E-state index contributed by atoms with van der Waals surface area (Å²) < 4.78 is 48.9. The zero-order valence-corrected chi connectivity index (χ0v) is 18.8. The number of hydrogen-bond acceptors (Lipinski definition) is 4. The van der Waals surface area contributed by atoms with Crippen LogP contribution in [0.3, 0.4) is 0 Å². The number of ether oxygens (including phenoxy) is 2. The van der Waals surface area contributed by atoms with Crippen molar-refractivity contribution in [1.29, 1.82) is 0 Å². The van der Waals surface area contributed by atoms with Crippen LogP contribution in [0.1, 0.15) is 23.5 Å². The second-order valence-corrected chi connectivity index (χ2v) is 8.13. The minimum absolute atomic E-state index is 0.118. The van der Waals surface area contributed by atoms with Gasteiger partial charge in [-0.1, -0.05) is 30.3 Å². The fraction of sp³-hybridized carbons (Fsp3) is 0.231. The van der Waals surface area contributed by atoms with Crippen molar-refractivity contribution in [3.63, 3.8) is 0 Å². The number of methoxy groups -OCH3 is 1. The topological polar surface area (TPSA) is 76.7 Å². The first kappa shape index (κ1) is 24.1. The van der Waals surface area contributed by atoms with Crippen molar-refractivity contribution in [2.24, 2.45) is 5.92 Å². The highest BCUT2D eigenvalue weighted by atomic mass is 19.4. The van der Waals surface area contributed by atoms with Crippen LogP contribution in [0.4, 0.5) is 24.5 Å². The van der Waals surface area contributed by atoms with Crippen LogP contribution in [0, 0.1) is 5.92 Å². The van der Waals surface area contributed by atoms with Gasteiger partial charge in [0.25, 0.3) is 5.91 Å². The summed E-state index contributed by atoms with van der Waals surface area (Å²) in [5, 5.41) is 5.52. The Bertz CT molecular complexity index is 1210. The Labute approximate surface area is 200 Å². The summed E-state index contributed by atoms with van der Waals surface area (Å²) in [6.45, 7) is -0.228. The maximum atomic E-state index is 12.7. The Balaban J connectivity index is 1.30. The summed E-state index contributed by atoms with van der Waals surface area (Å²) in [4.78, 5) is 24.9. The number of nitrogens with one attached hydrogen (secondary N) is 2. The quantitative estimate of drug-likeness (QED) is 0.444. The second-order valence-electron chi connectivity index (χ2n) is 8.13. The number of rotatable bonds is 8. The van der Waals surface area contributed by atoms with Crippen molar-refractivity contribution in [3.05, 3.63) is 83.9 Å². The van der Waals surface area contributed by atoms with Gasteiger partial charge < -0.3 is 20.1 Å². The zero-order chi connectivity index (χ0) is 25.0. The molecule has 0 bridgehead atoms. The molecule has 0 saturated heterocycles. The van der Waals surface area contributed by atoms with Crippen molar-refractivity contribution < 1.29 is 32.2 Å². The van der Waals surface area contributed by atoms with Crippen molar-refractivity contribution in [1.82, 2.24) is 0 Å². The van der Waals surface area contributed by atoms with E-state index in [0.717, 1.165) is 12.1 Å². The fourth-order valence-electron chi connectivity index (χ4n) is 3.76. The zero-order valence-electron chi connectivity index (χ0n) is 18.8. The number of hydrogen-bond donors (Lipinski definition) is 2. The maximum absolute atomic E-state index is 12.7. The standard InChI is InChI=1S/C26H23F3N2O4/c1-34-22-7-2-3-8-23(22)35-15-24(32)30-18-5-4-6-19(13-18)31-25(33)21-14-20(21)16-9-11-17(12-10-16)26(27,28)29/h2-13,20-21H,14-15H2,1H3,(H,30,32)(H,31,33). The van der Waals surface area contributed by atoms with Gasteiger partial charge in [0.15, 0.2) is 18.1 Å². The molecule has 0 spiro atoms. The summed E-state index contributed by atoms with van der Waals surface area (Å²) in [5.41, 5.74) is 0.965. The Morgan fingerprint density at radius 2 is 1.57 bits per heavy atom. The summed E-state index contributed by atoms with van der Waals surface area (Å²) in [5.74, 6) is -0.0914. The molecule has 2 atom stereocenters. The van der Waals surface area contributed by atoms with Crippen LogP contribution >= 0.6 is 0 Å². The Morgan fingerprint density at radius 1 is 0.914 bits per heavy atom. The van der Waals surface area contributed by atoms with Crippen molar-refractivity contribution in [2.75, 3.05) is 24.4 Å². The molecule has 0 heterocycles. The normalized spacial score (nSPS) is 16.8. The van der Waals surface area contributed by atoms with Crippen LogP contribution in [0.5, 0.6) is 11.5 Å². The monoisotopic (exact) mass is 484 g/mol. The number of carbonyl (C=O) groups excluding carboxylic acids is 2. The molecule has 0 radical (unpaired) electrons. The molecule has 4 rings (SSSR count). The van der Waals surface area contributed by atoms with Crippen molar-refractivity contribution in [2.45, 2.75) is 18.5 Å². The minimum atomic E-state index is -4.39. The number of carbonyl (C=O) groups is 2. The molecule has 1 aliphatic carbocycles. The number of amides is 2. The molecule has 2 unspecified atom stereocenters. The molecule has 3 aromatic rings. The molecule has 1 aliphatic rings. The van der Waals surface area contributed by atoms with Gasteiger partial charge in [-0.05, 0) is 60.4 Å². The van der Waals surface area contributed by atoms with Gasteiger partial charge in [-0.25, -0.2) is 0 Å². The third-order valence-corrected chi connectivity index (χ3v) is 5.64. The molecule has 0 aromatic heterocycles. The van der Waals surface area contributed by atoms with E-state index in [1.54, 1.807) is 48.5 Å². The number of para-hydroxylation sites is 2. The molecule has 35 heavy (non-hydrogen) atoms. The van der Waals surface area contributed by atoms with Gasteiger partial charge in [-0.2, -0.15) is 13.2 Å². The molecule has 3 aromatic carbocycles. The lowest BCUT2D eigenvalue weighted by Gasteiger charge is -2.11. The maximum Gasteiger partial charge on any atom is 0.416 e. The molecule has 1 saturated carbocycles. The number of alkyl halides is 3. The largest absolute Gasteiger partial charge is 0.493 e. The Morgan fingerprint density at radius 3 is 2.23 bits per heavy atom. The molecule has 6 nitrogen and oxygen atoms in total. The molecule has 182 valence electrons. The molecule has 2 amide bonds. The first-order valence-electron chi connectivity index (χ1n) is 10.9. The van der Waals surface area contributed by atoms with E-state index in [0.29, 0.717) is 34.9 Å². The molecular weight excluding hydrogens is 461 g/mol. The van der Waals surface area contributed by atoms with E-state index in [9.17, 15) is 22.8 Å². The summed E-state index contributed by atoms with van der Waals surface area (Å²) >= 11 is 0. The van der Waals surface area contributed by atoms with E-state index < -0.39 is 11.7 Å². The van der Waals surface area contributed by atoms with E-state index in [4.69, 9.17) is 9.47 Å². The molecule has 9 heteroatoms. The highest BCUT2D eigenvalue weighted by molar-refractivity contribution is 5.97. The van der Waals surface area contributed by atoms with Crippen LogP contribution in [0.2, 0.25) is 0 Å². The van der Waals surface area contributed by atoms with Crippen LogP contribution < -0.4 is 20.1 Å². The SMILES string of the molecule is COc1ccccc1OCC(=O)Nc1cccc(NC(=O)C2CC2c2ccc(C(F)(F)F)cc2)c1. The van der Waals surface area contributed by atoms with E-state index >= 15 is 0 Å². The number of anilines is 2. The van der Waals surface area contributed by atoms with Crippen LogP contribution in [-0.4, -0.2) is 25.5 Å². The predicted molar refractivity (Wildman–Crippen MR) is 124 cm³/mol. The van der Waals surface area contributed by atoms with Crippen LogP contribution in [-0.2, 0) is 15.8 Å². The lowest BCUT2D eigenvalue weighted by molar-refractivity contribution is -0.137. The van der Waals surface area contributed by atoms with Gasteiger partial charge in [0, 0.05) is 17.3 Å². The average molecular weight is 484 g/mol. The third-order valence-electron chi connectivity index (χ3n) is 5.64. The van der Waals surface area contributed by atoms with E-state index in [-0.39, 0.29) is 30.3 Å². The van der Waals surface area contributed by atoms with Gasteiger partial charge >= 0.3 is 6.18 Å². The average Bonchev–Trinajstić information content (AvgIpc) is 3.64. The molecular formula is C26H23F3N2O4. The van der Waals surface area contributed by atoms with Crippen LogP contribution in [0.25, 0.3) is 0 Å². The third kappa shape index (κ3) is 6.11. The summed E-state index contributed by atoms with van der Waals surface area (Å²) in [6.07, 6.45) is -3.83. The predicted octanol–water partition coefficient (Wildman–Crippen LogP) is 5.47. The lowest BCUT2D eigenvalue weighted by Crippen LogP contribution is -2.20. The van der Waals surface area contributed by atoms with Crippen molar-refractivity contribution in [3.8, 4) is 11.5 Å². The first-order chi connectivity index (χ1) is 16.7. The molecule has 1 fully saturated rings. The lowest BCUT2D eigenvalue weighted by atomic mass is 10.1. The first-order valence-corrected chi connectivity index (χ1v) is 10.9. The highest BCUT2D eigenvalue weighted by Gasteiger charge is 2.44. The van der Waals surface area contributed by atoms with E-state index in [1.165, 1.54) is 19.2 Å². The van der Waals surface area contributed by atoms with Gasteiger partial charge in [0.1, 0.15) is 0 Å². The summed E-state index contributed by atoms with van der Waals surface area (Å²) in [7, 11) is 1.51. The number of benzene rings is 3. The second kappa shape index (κ2) is 10.1. The van der Waals surface area contributed by atoms with Gasteiger partial charge in [-0.15, -0.1) is 0 Å². The molecule has 2 N–H and O–H groups in total. The summed E-state index contributed by atoms with van der Waals surface area (Å²) in [6, 6.07) is 18.6. The smallest absolute Gasteiger partial charge is 0.416 e. The van der Waals surface area contributed by atoms with E-state index in [2.05, 4.69) is 10.6 Å². The fourth-order valence-corrected chi connectivity index (χ4v) is 3.76. The Kier molecular flexibility index (Phi) is 6.95. The van der Waals surface area contributed by atoms with Gasteiger partial charge in [0.05, 0.1) is 12.7 Å². The highest BCUT2D eigenvalue weighted by Crippen LogP contribution is 2.48. The van der Waals surface area contributed by atoms with Crippen LogP contribution in [0.15, 0.2) is 72.8 Å².